The first-order valence-electron chi connectivity index (χ1n) is 8.86. The zero-order valence-corrected chi connectivity index (χ0v) is 14.6. The van der Waals surface area contributed by atoms with Gasteiger partial charge in [0.2, 0.25) is 11.8 Å². The maximum atomic E-state index is 12.2. The number of nitrogens with one attached hydrogen (secondary N) is 1. The van der Waals surface area contributed by atoms with Crippen LogP contribution in [0.2, 0.25) is 0 Å². The van der Waals surface area contributed by atoms with E-state index in [1.165, 1.54) is 5.56 Å². The van der Waals surface area contributed by atoms with Crippen LogP contribution in [0.3, 0.4) is 0 Å². The quantitative estimate of drug-likeness (QED) is 0.842. The second kappa shape index (κ2) is 8.62. The zero-order valence-electron chi connectivity index (χ0n) is 14.6. The van der Waals surface area contributed by atoms with Crippen molar-refractivity contribution in [1.29, 1.82) is 0 Å². The summed E-state index contributed by atoms with van der Waals surface area (Å²) in [5.74, 6) is 0.763. The van der Waals surface area contributed by atoms with E-state index < -0.39 is 0 Å². The van der Waals surface area contributed by atoms with Gasteiger partial charge >= 0.3 is 0 Å². The number of carbonyl (C=O) groups excluding carboxylic acids is 1. The fourth-order valence-electron chi connectivity index (χ4n) is 3.15. The molecule has 1 aliphatic heterocycles. The van der Waals surface area contributed by atoms with Gasteiger partial charge in [-0.2, -0.15) is 0 Å². The minimum absolute atomic E-state index is 0.0979. The minimum atomic E-state index is 0.0979. The number of rotatable bonds is 7. The van der Waals surface area contributed by atoms with E-state index in [2.05, 4.69) is 21.3 Å². The highest BCUT2D eigenvalue weighted by Crippen LogP contribution is 2.15. The maximum Gasteiger partial charge on any atom is 0.224 e. The molecule has 1 aliphatic rings. The summed E-state index contributed by atoms with van der Waals surface area (Å²) in [6.07, 6.45) is 3.30. The molecule has 1 N–H and O–H groups in total. The van der Waals surface area contributed by atoms with Gasteiger partial charge in [-0.15, -0.1) is 0 Å². The van der Waals surface area contributed by atoms with Crippen molar-refractivity contribution in [3.63, 3.8) is 0 Å². The highest BCUT2D eigenvalue weighted by atomic mass is 16.5. The van der Waals surface area contributed by atoms with Crippen molar-refractivity contribution in [2.75, 3.05) is 19.7 Å². The van der Waals surface area contributed by atoms with E-state index >= 15 is 0 Å². The lowest BCUT2D eigenvalue weighted by Gasteiger charge is -2.17. The van der Waals surface area contributed by atoms with Crippen LogP contribution in [0.5, 0.6) is 5.88 Å². The number of benzene rings is 1. The van der Waals surface area contributed by atoms with Crippen LogP contribution in [0.1, 0.15) is 24.5 Å². The number of hydrogen-bond donors (Lipinski definition) is 1. The number of nitrogens with zero attached hydrogens (tertiary/aromatic N) is 2. The van der Waals surface area contributed by atoms with Crippen LogP contribution >= 0.6 is 0 Å². The van der Waals surface area contributed by atoms with Crippen molar-refractivity contribution >= 4 is 5.91 Å². The van der Waals surface area contributed by atoms with Gasteiger partial charge in [0, 0.05) is 37.9 Å². The molecular formula is C20H25N3O2. The van der Waals surface area contributed by atoms with Gasteiger partial charge in [0.15, 0.2) is 0 Å². The van der Waals surface area contributed by atoms with Crippen molar-refractivity contribution in [1.82, 2.24) is 15.2 Å². The SMILES string of the molecule is CCOc1ccc(CN2CC[C@H](NC(=O)Cc3ccccc3)C2)cn1. The second-order valence-corrected chi connectivity index (χ2v) is 6.39. The van der Waals surface area contributed by atoms with Gasteiger partial charge < -0.3 is 10.1 Å². The average Bonchev–Trinajstić information content (AvgIpc) is 3.04. The molecule has 5 nitrogen and oxygen atoms in total. The first-order chi connectivity index (χ1) is 12.2. The summed E-state index contributed by atoms with van der Waals surface area (Å²) < 4.78 is 5.37. The summed E-state index contributed by atoms with van der Waals surface area (Å²) in [6, 6.07) is 14.1. The Labute approximate surface area is 149 Å². The summed E-state index contributed by atoms with van der Waals surface area (Å²) >= 11 is 0. The van der Waals surface area contributed by atoms with Gasteiger partial charge in [-0.1, -0.05) is 36.4 Å². The molecule has 0 saturated carbocycles. The first-order valence-corrected chi connectivity index (χ1v) is 8.86. The van der Waals surface area contributed by atoms with Gasteiger partial charge in [-0.05, 0) is 24.5 Å². The minimum Gasteiger partial charge on any atom is -0.478 e. The van der Waals surface area contributed by atoms with E-state index in [-0.39, 0.29) is 11.9 Å². The standard InChI is InChI=1S/C20H25N3O2/c1-2-25-20-9-8-17(13-21-20)14-23-11-10-18(15-23)22-19(24)12-16-6-4-3-5-7-16/h3-9,13,18H,2,10-12,14-15H2,1H3,(H,22,24)/t18-/m0/s1. The molecule has 3 rings (SSSR count). The predicted molar refractivity (Wildman–Crippen MR) is 97.4 cm³/mol. The fraction of sp³-hybridized carbons (Fsp3) is 0.400. The summed E-state index contributed by atoms with van der Waals surface area (Å²) in [7, 11) is 0. The average molecular weight is 339 g/mol. The van der Waals surface area contributed by atoms with E-state index in [0.717, 1.165) is 31.6 Å². The van der Waals surface area contributed by atoms with Crippen molar-refractivity contribution < 1.29 is 9.53 Å². The summed E-state index contributed by atoms with van der Waals surface area (Å²) in [6.45, 7) is 5.30. The van der Waals surface area contributed by atoms with Crippen molar-refractivity contribution in [3.05, 3.63) is 59.8 Å². The normalized spacial score (nSPS) is 17.4. The Balaban J connectivity index is 1.44. The smallest absolute Gasteiger partial charge is 0.224 e. The summed E-state index contributed by atoms with van der Waals surface area (Å²) in [5, 5.41) is 3.15. The van der Waals surface area contributed by atoms with Gasteiger partial charge in [0.1, 0.15) is 0 Å². The van der Waals surface area contributed by atoms with Gasteiger partial charge in [-0.3, -0.25) is 9.69 Å². The third kappa shape index (κ3) is 5.29. The molecular weight excluding hydrogens is 314 g/mol. The topological polar surface area (TPSA) is 54.5 Å². The van der Waals surface area contributed by atoms with Crippen LogP contribution < -0.4 is 10.1 Å². The number of ether oxygens (including phenoxy) is 1. The summed E-state index contributed by atoms with van der Waals surface area (Å²) in [4.78, 5) is 18.8. The Morgan fingerprint density at radius 1 is 1.24 bits per heavy atom. The van der Waals surface area contributed by atoms with Crippen LogP contribution in [-0.4, -0.2) is 41.5 Å². The number of carbonyl (C=O) groups is 1. The highest BCUT2D eigenvalue weighted by Gasteiger charge is 2.23. The third-order valence-electron chi connectivity index (χ3n) is 4.34. The number of likely N-dealkylation sites (tertiary alicyclic amines) is 1. The monoisotopic (exact) mass is 339 g/mol. The van der Waals surface area contributed by atoms with E-state index in [0.29, 0.717) is 18.9 Å². The van der Waals surface area contributed by atoms with Gasteiger partial charge in [-0.25, -0.2) is 4.98 Å². The Morgan fingerprint density at radius 3 is 2.80 bits per heavy atom. The Bertz CT molecular complexity index is 673. The van der Waals surface area contributed by atoms with Crippen molar-refractivity contribution in [2.24, 2.45) is 0 Å². The van der Waals surface area contributed by atoms with Crippen LogP contribution in [0.25, 0.3) is 0 Å². The van der Waals surface area contributed by atoms with Crippen molar-refractivity contribution in [3.8, 4) is 5.88 Å². The zero-order chi connectivity index (χ0) is 17.5. The van der Waals surface area contributed by atoms with Crippen molar-refractivity contribution in [2.45, 2.75) is 32.4 Å². The second-order valence-electron chi connectivity index (χ2n) is 6.39. The lowest BCUT2D eigenvalue weighted by Crippen LogP contribution is -2.37. The van der Waals surface area contributed by atoms with Crippen LogP contribution in [0, 0.1) is 0 Å². The Hall–Kier alpha value is -2.40. The number of aromatic nitrogens is 1. The maximum absolute atomic E-state index is 12.2. The largest absolute Gasteiger partial charge is 0.478 e. The first kappa shape index (κ1) is 17.4. The third-order valence-corrected chi connectivity index (χ3v) is 4.34. The van der Waals surface area contributed by atoms with Crippen LogP contribution in [0.4, 0.5) is 0 Å². The molecule has 1 aromatic heterocycles. The van der Waals surface area contributed by atoms with E-state index in [4.69, 9.17) is 4.74 Å². The fourth-order valence-corrected chi connectivity index (χ4v) is 3.15. The number of amides is 1. The highest BCUT2D eigenvalue weighted by molar-refractivity contribution is 5.78. The predicted octanol–water partition coefficient (Wildman–Crippen LogP) is 2.41. The molecule has 1 atom stereocenters. The molecule has 2 heterocycles. The lowest BCUT2D eigenvalue weighted by atomic mass is 10.1. The molecule has 0 aliphatic carbocycles. The molecule has 132 valence electrons. The molecule has 0 bridgehead atoms. The molecule has 0 radical (unpaired) electrons. The van der Waals surface area contributed by atoms with E-state index in [1.54, 1.807) is 0 Å². The molecule has 2 aromatic rings. The van der Waals surface area contributed by atoms with Gasteiger partial charge in [0.25, 0.3) is 0 Å². The molecule has 1 amide bonds. The van der Waals surface area contributed by atoms with E-state index in [9.17, 15) is 4.79 Å². The van der Waals surface area contributed by atoms with E-state index in [1.807, 2.05) is 49.5 Å². The molecule has 1 fully saturated rings. The molecule has 5 heteroatoms. The Morgan fingerprint density at radius 2 is 2.08 bits per heavy atom. The number of pyridine rings is 1. The summed E-state index contributed by atoms with van der Waals surface area (Å²) in [5.41, 5.74) is 2.22. The molecule has 1 saturated heterocycles. The molecule has 0 unspecified atom stereocenters. The molecule has 25 heavy (non-hydrogen) atoms. The van der Waals surface area contributed by atoms with Crippen LogP contribution in [-0.2, 0) is 17.8 Å². The van der Waals surface area contributed by atoms with Gasteiger partial charge in [0.05, 0.1) is 13.0 Å². The molecule has 0 spiro atoms. The molecule has 1 aromatic carbocycles. The Kier molecular flexibility index (Phi) is 6.01. The lowest BCUT2D eigenvalue weighted by molar-refractivity contribution is -0.121. The van der Waals surface area contributed by atoms with Crippen LogP contribution in [0.15, 0.2) is 48.7 Å². The number of hydrogen-bond acceptors (Lipinski definition) is 4.